The van der Waals surface area contributed by atoms with Gasteiger partial charge in [0.1, 0.15) is 15.8 Å². The van der Waals surface area contributed by atoms with Crippen LogP contribution in [-0.4, -0.2) is 35.6 Å². The number of hydrogen-bond acceptors (Lipinski definition) is 11. The third-order valence-electron chi connectivity index (χ3n) is 3.93. The number of rotatable bonds is 6. The zero-order chi connectivity index (χ0) is 22.1. The molecule has 15 heteroatoms. The van der Waals surface area contributed by atoms with Crippen LogP contribution >= 0.6 is 0 Å². The second-order valence-corrected chi connectivity index (χ2v) is 8.66. The van der Waals surface area contributed by atoms with Gasteiger partial charge in [-0.05, 0) is 37.6 Å². The summed E-state index contributed by atoms with van der Waals surface area (Å²) in [6, 6.07) is 3.14. The van der Waals surface area contributed by atoms with Crippen molar-refractivity contribution in [3.63, 3.8) is 0 Å². The first-order chi connectivity index (χ1) is 13.3. The topological polar surface area (TPSA) is 207 Å². The van der Waals surface area contributed by atoms with Crippen LogP contribution in [0.15, 0.2) is 38.1 Å². The minimum absolute atomic E-state index is 0. The second-order valence-electron chi connectivity index (χ2n) is 5.91. The van der Waals surface area contributed by atoms with Crippen LogP contribution in [0.1, 0.15) is 19.5 Å². The van der Waals surface area contributed by atoms with Crippen molar-refractivity contribution >= 4 is 37.3 Å². The molecule has 0 aliphatic rings. The zero-order valence-corrected chi connectivity index (χ0v) is 19.8. The van der Waals surface area contributed by atoms with Crippen molar-refractivity contribution in [1.82, 2.24) is 4.57 Å². The Morgan fingerprint density at radius 1 is 1.20 bits per heavy atom. The first-order valence-corrected chi connectivity index (χ1v) is 10.9. The van der Waals surface area contributed by atoms with Gasteiger partial charge in [-0.15, -0.1) is 10.2 Å². The second kappa shape index (κ2) is 9.55. The molecule has 0 spiro atoms. The number of nitrogen functional groups attached to an aromatic ring is 1. The molecule has 0 saturated heterocycles. The van der Waals surface area contributed by atoms with Crippen molar-refractivity contribution in [2.45, 2.75) is 31.0 Å². The molecule has 1 aromatic heterocycles. The Labute approximate surface area is 195 Å². The average Bonchev–Trinajstić information content (AvgIpc) is 2.57. The van der Waals surface area contributed by atoms with Crippen molar-refractivity contribution in [2.75, 3.05) is 5.73 Å². The molecular weight excluding hydrogens is 451 g/mol. The third-order valence-corrected chi connectivity index (χ3v) is 5.45. The Bertz CT molecular complexity index is 1280. The molecule has 1 heterocycles. The molecule has 0 saturated carbocycles. The van der Waals surface area contributed by atoms with E-state index in [9.17, 15) is 35.8 Å². The molecule has 1 aromatic carbocycles. The van der Waals surface area contributed by atoms with Crippen LogP contribution in [0.5, 0.6) is 5.88 Å². The average molecular weight is 468 g/mol. The van der Waals surface area contributed by atoms with Gasteiger partial charge in [0.05, 0.1) is 20.8 Å². The maximum atomic E-state index is 12.5. The maximum Gasteiger partial charge on any atom is 1.00 e. The van der Waals surface area contributed by atoms with Gasteiger partial charge in [0.25, 0.3) is 5.56 Å². The molecule has 0 aliphatic carbocycles. The molecule has 12 nitrogen and oxygen atoms in total. The van der Waals surface area contributed by atoms with Crippen molar-refractivity contribution in [3.05, 3.63) is 39.7 Å². The number of nitrogens with two attached hydrogens (primary N) is 1. The Morgan fingerprint density at radius 2 is 1.80 bits per heavy atom. The van der Waals surface area contributed by atoms with E-state index in [4.69, 9.17) is 5.73 Å². The first-order valence-electron chi connectivity index (χ1n) is 7.92. The van der Waals surface area contributed by atoms with Gasteiger partial charge in [0.2, 0.25) is 0 Å². The summed E-state index contributed by atoms with van der Waals surface area (Å²) in [6.45, 7) is 2.63. The normalized spacial score (nSPS) is 12.1. The van der Waals surface area contributed by atoms with Crippen LogP contribution in [0.2, 0.25) is 0 Å². The van der Waals surface area contributed by atoms with Crippen molar-refractivity contribution in [2.24, 2.45) is 10.2 Å². The van der Waals surface area contributed by atoms with Gasteiger partial charge in [0, 0.05) is 17.8 Å². The molecule has 0 radical (unpaired) electrons. The molecule has 3 N–H and O–H groups in total. The Hall–Kier alpha value is -1.81. The molecule has 0 fully saturated rings. The molecule has 0 unspecified atom stereocenters. The van der Waals surface area contributed by atoms with Crippen molar-refractivity contribution in [1.29, 1.82) is 0 Å². The third kappa shape index (κ3) is 5.87. The van der Waals surface area contributed by atoms with E-state index in [0.29, 0.717) is 0 Å². The number of hydrogen-bond donors (Lipinski definition) is 2. The smallest absolute Gasteiger partial charge is 0.748 e. The number of pyridine rings is 1. The fraction of sp³-hybridized carbons (Fsp3) is 0.267. The predicted molar refractivity (Wildman–Crippen MR) is 100 cm³/mol. The van der Waals surface area contributed by atoms with Crippen LogP contribution in [0.4, 0.5) is 17.1 Å². The fourth-order valence-corrected chi connectivity index (χ4v) is 3.84. The molecule has 0 amide bonds. The molecule has 2 rings (SSSR count). The standard InChI is InChI=1S/C15H18N4O8S2.Na/c1-3-19-14(20)10(7-28(22,23)24)8(2)13(15(19)21)18-17-11-6-9(16)4-5-12(11)29(25,26)27;/h4-6,20H,3,7,16H2,1-2H3,(H,22,23,24)(H,25,26,27);/q;+1/p-1. The summed E-state index contributed by atoms with van der Waals surface area (Å²) in [7, 11) is -9.74. The number of anilines is 1. The zero-order valence-electron chi connectivity index (χ0n) is 17.2. The molecule has 2 aromatic rings. The Balaban J connectivity index is 0.00000450. The quantitative estimate of drug-likeness (QED) is 0.206. The minimum Gasteiger partial charge on any atom is -0.748 e. The fourth-order valence-electron chi connectivity index (χ4n) is 2.55. The molecule has 30 heavy (non-hydrogen) atoms. The molecule has 0 bridgehead atoms. The molecule has 0 aliphatic heterocycles. The van der Waals surface area contributed by atoms with Gasteiger partial charge in [0.15, 0.2) is 11.6 Å². The van der Waals surface area contributed by atoms with Crippen LogP contribution < -0.4 is 40.9 Å². The summed E-state index contributed by atoms with van der Waals surface area (Å²) in [4.78, 5) is 11.8. The summed E-state index contributed by atoms with van der Waals surface area (Å²) >= 11 is 0. The summed E-state index contributed by atoms with van der Waals surface area (Å²) in [6.07, 6.45) is 0. The van der Waals surface area contributed by atoms with E-state index in [1.54, 1.807) is 0 Å². The van der Waals surface area contributed by atoms with Crippen LogP contribution in [0, 0.1) is 6.92 Å². The van der Waals surface area contributed by atoms with Gasteiger partial charge in [-0.2, -0.15) is 0 Å². The summed E-state index contributed by atoms with van der Waals surface area (Å²) in [5.41, 5.74) is 3.39. The van der Waals surface area contributed by atoms with E-state index < -0.39 is 53.7 Å². The molecule has 0 atom stereocenters. The van der Waals surface area contributed by atoms with Gasteiger partial charge >= 0.3 is 31.0 Å². The van der Waals surface area contributed by atoms with E-state index in [1.165, 1.54) is 13.8 Å². The van der Waals surface area contributed by atoms with Gasteiger partial charge in [-0.1, -0.05) is 0 Å². The molecule has 158 valence electrons. The number of benzene rings is 1. The summed E-state index contributed by atoms with van der Waals surface area (Å²) in [5.74, 6) is -1.81. The van der Waals surface area contributed by atoms with Crippen molar-refractivity contribution in [3.8, 4) is 5.88 Å². The SMILES string of the molecule is CCn1c(O)c(CS(=O)(=O)[O-])c(C)c(N=Nc2cc(N)ccc2S(=O)(=O)[O-])c1=O.[H+].[Na+]. The minimum atomic E-state index is -4.93. The van der Waals surface area contributed by atoms with Crippen LogP contribution in [-0.2, 0) is 32.5 Å². The number of azo groups is 1. The molecular formula is C15H17N4NaO8S2. The Kier molecular flexibility index (Phi) is 8.35. The van der Waals surface area contributed by atoms with E-state index >= 15 is 0 Å². The van der Waals surface area contributed by atoms with Crippen LogP contribution in [0.25, 0.3) is 0 Å². The van der Waals surface area contributed by atoms with Gasteiger partial charge in [-0.25, -0.2) is 16.8 Å². The predicted octanol–water partition coefficient (Wildman–Crippen LogP) is -2.05. The van der Waals surface area contributed by atoms with E-state index in [1.807, 2.05) is 0 Å². The monoisotopic (exact) mass is 468 g/mol. The van der Waals surface area contributed by atoms with E-state index in [0.717, 1.165) is 22.8 Å². The summed E-state index contributed by atoms with van der Waals surface area (Å²) < 4.78 is 68.3. The van der Waals surface area contributed by atoms with Gasteiger partial charge < -0.3 is 19.9 Å². The maximum absolute atomic E-state index is 12.5. The van der Waals surface area contributed by atoms with E-state index in [-0.39, 0.29) is 54.3 Å². The van der Waals surface area contributed by atoms with Crippen LogP contribution in [0.3, 0.4) is 0 Å². The largest absolute Gasteiger partial charge is 1.00 e. The van der Waals surface area contributed by atoms with E-state index in [2.05, 4.69) is 10.2 Å². The number of aromatic nitrogens is 1. The number of nitrogens with zero attached hydrogens (tertiary/aromatic N) is 3. The first kappa shape index (κ1) is 26.2. The Morgan fingerprint density at radius 3 is 2.30 bits per heavy atom. The van der Waals surface area contributed by atoms with Crippen molar-refractivity contribution < 1.29 is 62.0 Å². The number of aromatic hydroxyl groups is 1. The van der Waals surface area contributed by atoms with Gasteiger partial charge in [-0.3, -0.25) is 9.36 Å². The summed E-state index contributed by atoms with van der Waals surface area (Å²) in [5, 5.41) is 17.4.